The van der Waals surface area contributed by atoms with Gasteiger partial charge in [-0.3, -0.25) is 4.79 Å². The highest BCUT2D eigenvalue weighted by Gasteiger charge is 2.36. The van der Waals surface area contributed by atoms with Crippen molar-refractivity contribution < 1.29 is 28.9 Å². The van der Waals surface area contributed by atoms with Crippen LogP contribution in [0.4, 0.5) is 10.1 Å². The van der Waals surface area contributed by atoms with E-state index < -0.39 is 35.0 Å². The van der Waals surface area contributed by atoms with Gasteiger partial charge in [0.1, 0.15) is 17.4 Å². The van der Waals surface area contributed by atoms with Crippen molar-refractivity contribution in [2.45, 2.75) is 31.1 Å². The van der Waals surface area contributed by atoms with Gasteiger partial charge in [0.05, 0.1) is 24.1 Å². The summed E-state index contributed by atoms with van der Waals surface area (Å²) >= 11 is 0. The number of carbonyl (C=O) groups is 1. The molecular formula is C19H21FN2O6. The van der Waals surface area contributed by atoms with Crippen molar-refractivity contribution in [1.29, 1.82) is 0 Å². The quantitative estimate of drug-likeness (QED) is 0.793. The first-order valence-electron chi connectivity index (χ1n) is 9.01. The molecule has 1 aromatic heterocycles. The second kappa shape index (κ2) is 6.75. The highest BCUT2D eigenvalue weighted by Crippen LogP contribution is 2.44. The second-order valence-corrected chi connectivity index (χ2v) is 7.20. The molecule has 2 N–H and O–H groups in total. The van der Waals surface area contributed by atoms with E-state index in [4.69, 9.17) is 9.47 Å². The molecule has 0 spiro atoms. The lowest BCUT2D eigenvalue weighted by molar-refractivity contribution is 0.0217. The van der Waals surface area contributed by atoms with E-state index in [-0.39, 0.29) is 36.0 Å². The zero-order valence-corrected chi connectivity index (χ0v) is 15.5. The summed E-state index contributed by atoms with van der Waals surface area (Å²) in [5.74, 6) is -1.91. The lowest BCUT2D eigenvalue weighted by Crippen LogP contribution is -2.25. The number of halogens is 1. The molecule has 1 saturated heterocycles. The van der Waals surface area contributed by atoms with Crippen LogP contribution in [0.1, 0.15) is 29.2 Å². The molecule has 150 valence electrons. The number of hydrogen-bond acceptors (Lipinski definition) is 6. The number of pyridine rings is 1. The number of aliphatic hydroxyl groups excluding tert-OH is 1. The summed E-state index contributed by atoms with van der Waals surface area (Å²) in [6, 6.07) is 1.09. The molecule has 2 heterocycles. The molecule has 1 aliphatic carbocycles. The third kappa shape index (κ3) is 2.82. The number of β-amino-alcohol motifs (C(OH)–C–C–N with tert-alkyl or cyclic N) is 1. The van der Waals surface area contributed by atoms with Crippen LogP contribution in [0.25, 0.3) is 10.9 Å². The van der Waals surface area contributed by atoms with E-state index in [1.54, 1.807) is 9.47 Å². The van der Waals surface area contributed by atoms with Crippen LogP contribution in [0.3, 0.4) is 0 Å². The first-order chi connectivity index (χ1) is 13.4. The lowest BCUT2D eigenvalue weighted by Gasteiger charge is -2.24. The van der Waals surface area contributed by atoms with Gasteiger partial charge in [0, 0.05) is 32.4 Å². The number of carboxylic acid groups (broad SMARTS) is 1. The van der Waals surface area contributed by atoms with E-state index >= 15 is 4.39 Å². The molecule has 2 fully saturated rings. The van der Waals surface area contributed by atoms with Crippen LogP contribution in [-0.4, -0.2) is 60.3 Å². The minimum absolute atomic E-state index is 0.0318. The Balaban J connectivity index is 2.00. The minimum atomic E-state index is -1.35. The molecule has 1 aromatic carbocycles. The predicted octanol–water partition coefficient (Wildman–Crippen LogP) is 1.38. The number of ether oxygens (including phenoxy) is 2. The van der Waals surface area contributed by atoms with Crippen LogP contribution >= 0.6 is 0 Å². The van der Waals surface area contributed by atoms with Crippen LogP contribution in [0.5, 0.6) is 5.75 Å². The molecule has 2 aromatic rings. The number of carboxylic acids is 1. The van der Waals surface area contributed by atoms with Crippen LogP contribution < -0.4 is 15.1 Å². The smallest absolute Gasteiger partial charge is 0.341 e. The van der Waals surface area contributed by atoms with Gasteiger partial charge in [-0.1, -0.05) is 0 Å². The Bertz CT molecular complexity index is 1020. The Morgan fingerprint density at radius 3 is 2.54 bits per heavy atom. The van der Waals surface area contributed by atoms with Crippen molar-refractivity contribution in [3.05, 3.63) is 33.9 Å². The molecule has 1 saturated carbocycles. The maximum Gasteiger partial charge on any atom is 0.341 e. The maximum absolute atomic E-state index is 15.1. The zero-order chi connectivity index (χ0) is 20.2. The Morgan fingerprint density at radius 1 is 1.29 bits per heavy atom. The van der Waals surface area contributed by atoms with E-state index in [9.17, 15) is 19.8 Å². The Kier molecular flexibility index (Phi) is 4.51. The molecule has 0 bridgehead atoms. The molecule has 4 rings (SSSR count). The fraction of sp³-hybridized carbons (Fsp3) is 0.474. The molecular weight excluding hydrogens is 371 g/mol. The van der Waals surface area contributed by atoms with Crippen molar-refractivity contribution in [3.8, 4) is 5.75 Å². The highest BCUT2D eigenvalue weighted by molar-refractivity contribution is 5.97. The van der Waals surface area contributed by atoms with Crippen LogP contribution in [0.2, 0.25) is 0 Å². The van der Waals surface area contributed by atoms with E-state index in [0.29, 0.717) is 5.52 Å². The number of aliphatic hydroxyl groups is 1. The van der Waals surface area contributed by atoms with Gasteiger partial charge < -0.3 is 29.2 Å². The fourth-order valence-corrected chi connectivity index (χ4v) is 3.90. The zero-order valence-electron chi connectivity index (χ0n) is 15.5. The molecule has 1 aliphatic heterocycles. The Morgan fingerprint density at radius 2 is 2.00 bits per heavy atom. The SMILES string of the molecule is COc1c(N2CC(O)C(OC)C2)c(F)cc2c(=O)c(C(=O)O)cn(C3CC3)c12. The van der Waals surface area contributed by atoms with Crippen molar-refractivity contribution in [1.82, 2.24) is 4.57 Å². The number of aromatic nitrogens is 1. The minimum Gasteiger partial charge on any atom is -0.492 e. The van der Waals surface area contributed by atoms with E-state index in [0.717, 1.165) is 18.9 Å². The molecule has 2 unspecified atom stereocenters. The number of hydrogen-bond donors (Lipinski definition) is 2. The fourth-order valence-electron chi connectivity index (χ4n) is 3.90. The van der Waals surface area contributed by atoms with Gasteiger partial charge in [-0.2, -0.15) is 0 Å². The number of anilines is 1. The summed E-state index contributed by atoms with van der Waals surface area (Å²) < 4.78 is 27.5. The predicted molar refractivity (Wildman–Crippen MR) is 99.0 cm³/mol. The van der Waals surface area contributed by atoms with Crippen LogP contribution in [0.15, 0.2) is 17.1 Å². The van der Waals surface area contributed by atoms with E-state index in [1.165, 1.54) is 20.4 Å². The van der Waals surface area contributed by atoms with Crippen molar-refractivity contribution in [2.75, 3.05) is 32.2 Å². The average Bonchev–Trinajstić information content (AvgIpc) is 3.43. The van der Waals surface area contributed by atoms with Gasteiger partial charge in [0.15, 0.2) is 11.6 Å². The highest BCUT2D eigenvalue weighted by atomic mass is 19.1. The summed E-state index contributed by atoms with van der Waals surface area (Å²) in [6.07, 6.45) is 1.72. The Labute approximate surface area is 159 Å². The van der Waals surface area contributed by atoms with Crippen molar-refractivity contribution in [2.24, 2.45) is 0 Å². The number of aromatic carboxylic acids is 1. The largest absolute Gasteiger partial charge is 0.492 e. The van der Waals surface area contributed by atoms with E-state index in [2.05, 4.69) is 0 Å². The van der Waals surface area contributed by atoms with Gasteiger partial charge in [-0.15, -0.1) is 0 Å². The standard InChI is InChI=1S/C19H21FN2O6/c1-27-14-8-21(7-13(14)23)16-12(20)5-10-15(18(16)28-2)22(9-3-4-9)6-11(17(10)24)19(25)26/h5-6,9,13-14,23H,3-4,7-8H2,1-2H3,(H,25,26). The third-order valence-corrected chi connectivity index (χ3v) is 5.43. The summed E-state index contributed by atoms with van der Waals surface area (Å²) in [5.41, 5.74) is -0.652. The molecule has 0 radical (unpaired) electrons. The number of methoxy groups -OCH3 is 2. The lowest BCUT2D eigenvalue weighted by atomic mass is 10.1. The van der Waals surface area contributed by atoms with Gasteiger partial charge >= 0.3 is 5.97 Å². The normalized spacial score (nSPS) is 22.1. The van der Waals surface area contributed by atoms with Gasteiger partial charge in [0.2, 0.25) is 5.43 Å². The molecule has 2 atom stereocenters. The molecule has 8 nitrogen and oxygen atoms in total. The average molecular weight is 392 g/mol. The summed E-state index contributed by atoms with van der Waals surface area (Å²) in [5, 5.41) is 19.5. The summed E-state index contributed by atoms with van der Waals surface area (Å²) in [6.45, 7) is 0.412. The van der Waals surface area contributed by atoms with Crippen LogP contribution in [-0.2, 0) is 4.74 Å². The molecule has 0 amide bonds. The molecule has 9 heteroatoms. The first kappa shape index (κ1) is 18.7. The van der Waals surface area contributed by atoms with E-state index in [1.807, 2.05) is 0 Å². The topological polar surface area (TPSA) is 101 Å². The van der Waals surface area contributed by atoms with Crippen molar-refractivity contribution in [3.63, 3.8) is 0 Å². The van der Waals surface area contributed by atoms with Gasteiger partial charge in [0.25, 0.3) is 0 Å². The monoisotopic (exact) mass is 392 g/mol. The van der Waals surface area contributed by atoms with Gasteiger partial charge in [-0.05, 0) is 18.9 Å². The molecule has 2 aliphatic rings. The summed E-state index contributed by atoms with van der Waals surface area (Å²) in [4.78, 5) is 25.8. The number of nitrogens with zero attached hydrogens (tertiary/aromatic N) is 2. The summed E-state index contributed by atoms with van der Waals surface area (Å²) in [7, 11) is 2.86. The van der Waals surface area contributed by atoms with Crippen molar-refractivity contribution >= 4 is 22.6 Å². The number of fused-ring (bicyclic) bond motifs is 1. The molecule has 28 heavy (non-hydrogen) atoms. The number of rotatable bonds is 5. The number of benzene rings is 1. The van der Waals surface area contributed by atoms with Crippen LogP contribution in [0, 0.1) is 5.82 Å². The maximum atomic E-state index is 15.1. The third-order valence-electron chi connectivity index (χ3n) is 5.43. The first-order valence-corrected chi connectivity index (χ1v) is 9.01. The second-order valence-electron chi connectivity index (χ2n) is 7.20. The Hall–Kier alpha value is -2.65. The van der Waals surface area contributed by atoms with Gasteiger partial charge in [-0.25, -0.2) is 9.18 Å².